The first-order valence-electron chi connectivity index (χ1n) is 9.90. The fourth-order valence-corrected chi connectivity index (χ4v) is 3.59. The first kappa shape index (κ1) is 18.3. The Kier molecular flexibility index (Phi) is 4.68. The van der Waals surface area contributed by atoms with Crippen molar-refractivity contribution >= 4 is 32.6 Å². The number of fused-ring (bicyclic) bond motifs is 5. The van der Waals surface area contributed by atoms with Gasteiger partial charge in [0.2, 0.25) is 0 Å². The summed E-state index contributed by atoms with van der Waals surface area (Å²) in [4.78, 5) is 0. The predicted octanol–water partition coefficient (Wildman–Crippen LogP) is 7.99. The molecule has 1 heteroatoms. The average molecular weight is 366 g/mol. The highest BCUT2D eigenvalue weighted by molar-refractivity contribution is 6.21. The molecule has 0 unspecified atom stereocenters. The van der Waals surface area contributed by atoms with E-state index >= 15 is 0 Å². The molecular formula is C27H27N. The van der Waals surface area contributed by atoms with Gasteiger partial charge in [-0.3, -0.25) is 0 Å². The summed E-state index contributed by atoms with van der Waals surface area (Å²) < 4.78 is 2.36. The molecule has 0 saturated carbocycles. The second kappa shape index (κ2) is 7.16. The third kappa shape index (κ3) is 3.53. The van der Waals surface area contributed by atoms with E-state index in [1.807, 2.05) is 0 Å². The number of hydrogen-bond acceptors (Lipinski definition) is 0. The lowest BCUT2D eigenvalue weighted by Crippen LogP contribution is -1.93. The second-order valence-corrected chi connectivity index (χ2v) is 8.87. The van der Waals surface area contributed by atoms with Crippen molar-refractivity contribution in [2.45, 2.75) is 27.7 Å². The van der Waals surface area contributed by atoms with E-state index in [1.165, 1.54) is 38.3 Å². The Hall–Kier alpha value is -3.06. The van der Waals surface area contributed by atoms with Crippen molar-refractivity contribution in [3.8, 4) is 5.69 Å². The lowest BCUT2D eigenvalue weighted by atomic mass is 10.0. The van der Waals surface area contributed by atoms with Crippen LogP contribution >= 0.6 is 0 Å². The topological polar surface area (TPSA) is 4.93 Å². The van der Waals surface area contributed by atoms with Crippen LogP contribution in [0.15, 0.2) is 91.0 Å². The average Bonchev–Trinajstić information content (AvgIpc) is 3.02. The van der Waals surface area contributed by atoms with Gasteiger partial charge in [0, 0.05) is 16.5 Å². The molecule has 0 radical (unpaired) electrons. The minimum atomic E-state index is 0.500. The maximum atomic E-state index is 2.36. The van der Waals surface area contributed by atoms with Crippen LogP contribution in [0.3, 0.4) is 0 Å². The summed E-state index contributed by atoms with van der Waals surface area (Å²) in [5.41, 5.74) is 4.22. The quantitative estimate of drug-likeness (QED) is 0.284. The molecule has 0 N–H and O–H groups in total. The molecular weight excluding hydrogens is 338 g/mol. The maximum Gasteiger partial charge on any atom is 0.0547 e. The highest BCUT2D eigenvalue weighted by Gasteiger charge is 2.13. The van der Waals surface area contributed by atoms with Gasteiger partial charge in [-0.05, 0) is 40.5 Å². The molecule has 0 aliphatic heterocycles. The molecule has 5 rings (SSSR count). The van der Waals surface area contributed by atoms with Gasteiger partial charge in [-0.25, -0.2) is 0 Å². The van der Waals surface area contributed by atoms with Crippen molar-refractivity contribution < 1.29 is 0 Å². The summed E-state index contributed by atoms with van der Waals surface area (Å²) in [6, 6.07) is 32.3. The third-order valence-corrected chi connectivity index (χ3v) is 4.58. The molecule has 1 heterocycles. The Morgan fingerprint density at radius 3 is 1.82 bits per heavy atom. The van der Waals surface area contributed by atoms with Crippen LogP contribution in [0.25, 0.3) is 38.3 Å². The zero-order valence-electron chi connectivity index (χ0n) is 17.1. The predicted molar refractivity (Wildman–Crippen MR) is 123 cm³/mol. The van der Waals surface area contributed by atoms with Gasteiger partial charge in [-0.2, -0.15) is 0 Å². The van der Waals surface area contributed by atoms with Crippen LogP contribution < -0.4 is 0 Å². The molecule has 0 amide bonds. The number of benzene rings is 4. The van der Waals surface area contributed by atoms with Crippen LogP contribution in [-0.2, 0) is 0 Å². The number of aromatic nitrogens is 1. The van der Waals surface area contributed by atoms with E-state index in [9.17, 15) is 0 Å². The van der Waals surface area contributed by atoms with Crippen LogP contribution in [0.4, 0.5) is 0 Å². The van der Waals surface area contributed by atoms with E-state index in [0.29, 0.717) is 5.41 Å². The fraction of sp³-hybridized carbons (Fsp3) is 0.185. The van der Waals surface area contributed by atoms with Gasteiger partial charge in [-0.1, -0.05) is 94.4 Å². The number of hydrogen-bond donors (Lipinski definition) is 0. The Morgan fingerprint density at radius 1 is 0.536 bits per heavy atom. The summed E-state index contributed by atoms with van der Waals surface area (Å²) >= 11 is 0. The van der Waals surface area contributed by atoms with E-state index in [0.717, 1.165) is 0 Å². The molecule has 28 heavy (non-hydrogen) atoms. The number of rotatable bonds is 1. The van der Waals surface area contributed by atoms with Crippen LogP contribution in [0.5, 0.6) is 0 Å². The van der Waals surface area contributed by atoms with Gasteiger partial charge in [0.05, 0.1) is 11.0 Å². The summed E-state index contributed by atoms with van der Waals surface area (Å²) in [6.45, 7) is 8.75. The summed E-state index contributed by atoms with van der Waals surface area (Å²) in [6.07, 6.45) is 0. The minimum absolute atomic E-state index is 0.500. The van der Waals surface area contributed by atoms with Gasteiger partial charge in [-0.15, -0.1) is 0 Å². The second-order valence-electron chi connectivity index (χ2n) is 8.87. The zero-order valence-corrected chi connectivity index (χ0v) is 17.1. The van der Waals surface area contributed by atoms with E-state index < -0.39 is 0 Å². The van der Waals surface area contributed by atoms with E-state index in [2.05, 4.69) is 123 Å². The summed E-state index contributed by atoms with van der Waals surface area (Å²) in [5.74, 6) is 0. The smallest absolute Gasteiger partial charge is 0.0547 e. The van der Waals surface area contributed by atoms with Gasteiger partial charge in [0.15, 0.2) is 0 Å². The van der Waals surface area contributed by atoms with Crippen molar-refractivity contribution in [1.82, 2.24) is 4.57 Å². The molecule has 0 aliphatic carbocycles. The summed E-state index contributed by atoms with van der Waals surface area (Å²) in [5, 5.41) is 5.25. The molecule has 140 valence electrons. The highest BCUT2D eigenvalue weighted by Crippen LogP contribution is 2.36. The summed E-state index contributed by atoms with van der Waals surface area (Å²) in [7, 11) is 0. The van der Waals surface area contributed by atoms with Crippen molar-refractivity contribution in [1.29, 1.82) is 0 Å². The molecule has 0 fully saturated rings. The monoisotopic (exact) mass is 365 g/mol. The highest BCUT2D eigenvalue weighted by atomic mass is 15.0. The molecule has 0 saturated heterocycles. The van der Waals surface area contributed by atoms with Crippen molar-refractivity contribution in [3.63, 3.8) is 0 Å². The first-order chi connectivity index (χ1) is 13.4. The lowest BCUT2D eigenvalue weighted by Gasteiger charge is -2.07. The lowest BCUT2D eigenvalue weighted by molar-refractivity contribution is 0.469. The normalized spacial score (nSPS) is 11.6. The largest absolute Gasteiger partial charge is 0.309 e. The Balaban J connectivity index is 0.000000346. The Morgan fingerprint density at radius 2 is 1.11 bits per heavy atom. The molecule has 0 bridgehead atoms. The van der Waals surface area contributed by atoms with Gasteiger partial charge in [0.1, 0.15) is 0 Å². The fourth-order valence-electron chi connectivity index (χ4n) is 3.59. The van der Waals surface area contributed by atoms with Crippen LogP contribution in [0.2, 0.25) is 0 Å². The Labute approximate surface area is 167 Å². The van der Waals surface area contributed by atoms with Crippen molar-refractivity contribution in [2.24, 2.45) is 5.41 Å². The van der Waals surface area contributed by atoms with E-state index in [4.69, 9.17) is 0 Å². The van der Waals surface area contributed by atoms with E-state index in [1.54, 1.807) is 0 Å². The molecule has 1 nitrogen and oxygen atoms in total. The standard InChI is InChI=1S/C22H15N.C5H12/c1-2-9-17(10-3-1)23-20-13-7-6-12-19(20)22-18-11-5-4-8-16(18)14-15-21(22)23;1-5(2,3)4/h1-15H;1-4H3. The van der Waals surface area contributed by atoms with Crippen LogP contribution in [0.1, 0.15) is 27.7 Å². The Bertz CT molecular complexity index is 1230. The van der Waals surface area contributed by atoms with Crippen molar-refractivity contribution in [3.05, 3.63) is 91.0 Å². The molecule has 4 aromatic carbocycles. The molecule has 1 aromatic heterocycles. The van der Waals surface area contributed by atoms with E-state index in [-0.39, 0.29) is 0 Å². The van der Waals surface area contributed by atoms with Gasteiger partial charge >= 0.3 is 0 Å². The minimum Gasteiger partial charge on any atom is -0.309 e. The number of nitrogens with zero attached hydrogens (tertiary/aromatic N) is 1. The molecule has 0 spiro atoms. The van der Waals surface area contributed by atoms with Crippen LogP contribution in [-0.4, -0.2) is 4.57 Å². The zero-order chi connectivity index (χ0) is 19.7. The first-order valence-corrected chi connectivity index (χ1v) is 9.90. The SMILES string of the molecule is CC(C)(C)C.c1ccc(-n2c3ccccc3c3c4ccccc4ccc32)cc1. The number of para-hydroxylation sites is 2. The van der Waals surface area contributed by atoms with Crippen LogP contribution in [0, 0.1) is 5.41 Å². The maximum absolute atomic E-state index is 2.36. The van der Waals surface area contributed by atoms with Crippen molar-refractivity contribution in [2.75, 3.05) is 0 Å². The molecule has 0 aliphatic rings. The molecule has 0 atom stereocenters. The van der Waals surface area contributed by atoms with Gasteiger partial charge in [0.25, 0.3) is 0 Å². The van der Waals surface area contributed by atoms with Gasteiger partial charge < -0.3 is 4.57 Å². The molecule has 5 aromatic rings. The third-order valence-electron chi connectivity index (χ3n) is 4.58.